The van der Waals surface area contributed by atoms with Crippen molar-refractivity contribution in [2.75, 3.05) is 20.8 Å². The second-order valence-electron chi connectivity index (χ2n) is 3.63. The Labute approximate surface area is 112 Å². The molecule has 0 radical (unpaired) electrons. The van der Waals surface area contributed by atoms with E-state index in [9.17, 15) is 8.78 Å². The van der Waals surface area contributed by atoms with Crippen LogP contribution in [-0.4, -0.2) is 31.9 Å². The van der Waals surface area contributed by atoms with Crippen LogP contribution in [0.5, 0.6) is 11.5 Å². The van der Waals surface area contributed by atoms with Crippen molar-refractivity contribution in [2.45, 2.75) is 12.0 Å². The van der Waals surface area contributed by atoms with Crippen LogP contribution < -0.4 is 15.2 Å². The zero-order valence-corrected chi connectivity index (χ0v) is 11.5. The molecule has 0 aliphatic rings. The number of aliphatic hydroxyl groups is 1. The van der Waals surface area contributed by atoms with E-state index >= 15 is 0 Å². The first-order valence-corrected chi connectivity index (χ1v) is 5.82. The summed E-state index contributed by atoms with van der Waals surface area (Å²) < 4.78 is 37.1. The van der Waals surface area contributed by atoms with Crippen LogP contribution >= 0.6 is 15.9 Å². The average Bonchev–Trinajstić information content (AvgIpc) is 2.37. The van der Waals surface area contributed by atoms with E-state index in [0.29, 0.717) is 16.0 Å². The molecular weight excluding hydrogens is 312 g/mol. The van der Waals surface area contributed by atoms with E-state index in [1.54, 1.807) is 0 Å². The van der Waals surface area contributed by atoms with Crippen LogP contribution in [0, 0.1) is 0 Å². The molecule has 1 atom stereocenters. The zero-order valence-electron chi connectivity index (χ0n) is 9.91. The number of rotatable bonds is 5. The maximum atomic E-state index is 13.4. The second-order valence-corrected chi connectivity index (χ2v) is 4.48. The van der Waals surface area contributed by atoms with Gasteiger partial charge in [0.25, 0.3) is 5.92 Å². The maximum absolute atomic E-state index is 13.4. The van der Waals surface area contributed by atoms with Gasteiger partial charge in [-0.15, -0.1) is 0 Å². The van der Waals surface area contributed by atoms with Crippen LogP contribution in [0.1, 0.15) is 11.6 Å². The Morgan fingerprint density at radius 2 is 1.83 bits per heavy atom. The number of hydrogen-bond acceptors (Lipinski definition) is 4. The molecular formula is C11H14BrF2NO3. The summed E-state index contributed by atoms with van der Waals surface area (Å²) >= 11 is 3.14. The lowest BCUT2D eigenvalue weighted by molar-refractivity contribution is -0.0713. The Morgan fingerprint density at radius 1 is 1.33 bits per heavy atom. The van der Waals surface area contributed by atoms with Gasteiger partial charge in [-0.1, -0.05) is 15.9 Å². The van der Waals surface area contributed by atoms with E-state index in [2.05, 4.69) is 15.9 Å². The Morgan fingerprint density at radius 3 is 2.28 bits per heavy atom. The van der Waals surface area contributed by atoms with Gasteiger partial charge in [0, 0.05) is 4.47 Å². The fourth-order valence-electron chi connectivity index (χ4n) is 1.43. The van der Waals surface area contributed by atoms with Crippen LogP contribution in [0.2, 0.25) is 0 Å². The highest BCUT2D eigenvalue weighted by atomic mass is 79.9. The number of hydrogen-bond donors (Lipinski definition) is 2. The van der Waals surface area contributed by atoms with Gasteiger partial charge < -0.3 is 20.3 Å². The van der Waals surface area contributed by atoms with Gasteiger partial charge in [-0.2, -0.15) is 0 Å². The molecule has 0 heterocycles. The summed E-state index contributed by atoms with van der Waals surface area (Å²) in [5.74, 6) is -2.73. The molecule has 0 aliphatic heterocycles. The molecule has 102 valence electrons. The minimum atomic E-state index is -3.41. The van der Waals surface area contributed by atoms with E-state index < -0.39 is 18.6 Å². The molecule has 7 heteroatoms. The van der Waals surface area contributed by atoms with Crippen molar-refractivity contribution in [1.29, 1.82) is 0 Å². The van der Waals surface area contributed by atoms with Crippen LogP contribution in [0.3, 0.4) is 0 Å². The SMILES string of the molecule is COc1cc(Br)c([C@H](N)C(F)(F)CO)cc1OC. The van der Waals surface area contributed by atoms with Crippen LogP contribution in [0.25, 0.3) is 0 Å². The molecule has 1 aromatic carbocycles. The normalized spacial score (nSPS) is 13.3. The third-order valence-corrected chi connectivity index (χ3v) is 3.19. The first kappa shape index (κ1) is 15.1. The van der Waals surface area contributed by atoms with E-state index in [4.69, 9.17) is 20.3 Å². The van der Waals surface area contributed by atoms with Crippen molar-refractivity contribution >= 4 is 15.9 Å². The first-order chi connectivity index (χ1) is 8.37. The quantitative estimate of drug-likeness (QED) is 0.870. The number of ether oxygens (including phenoxy) is 2. The highest BCUT2D eigenvalue weighted by Gasteiger charge is 2.38. The molecule has 1 rings (SSSR count). The standard InChI is InChI=1S/C11H14BrF2NO3/c1-17-8-3-6(7(12)4-9(8)18-2)10(15)11(13,14)5-16/h3-4,10,16H,5,15H2,1-2H3/t10-/m0/s1. The monoisotopic (exact) mass is 325 g/mol. The predicted octanol–water partition coefficient (Wildman–Crippen LogP) is 2.09. The van der Waals surface area contributed by atoms with Crippen molar-refractivity contribution in [2.24, 2.45) is 5.73 Å². The van der Waals surface area contributed by atoms with E-state index in [1.165, 1.54) is 26.4 Å². The zero-order chi connectivity index (χ0) is 13.9. The Balaban J connectivity index is 3.25. The molecule has 0 saturated carbocycles. The Bertz CT molecular complexity index is 429. The van der Waals surface area contributed by atoms with Gasteiger partial charge in [0.2, 0.25) is 0 Å². The van der Waals surface area contributed by atoms with E-state index in [-0.39, 0.29) is 5.56 Å². The number of nitrogens with two attached hydrogens (primary N) is 1. The van der Waals surface area contributed by atoms with Crippen molar-refractivity contribution in [3.8, 4) is 11.5 Å². The molecule has 18 heavy (non-hydrogen) atoms. The predicted molar refractivity (Wildman–Crippen MR) is 66.2 cm³/mol. The molecule has 3 N–H and O–H groups in total. The lowest BCUT2D eigenvalue weighted by Gasteiger charge is -2.23. The van der Waals surface area contributed by atoms with Crippen molar-refractivity contribution in [1.82, 2.24) is 0 Å². The molecule has 0 aliphatic carbocycles. The minimum absolute atomic E-state index is 0.131. The van der Waals surface area contributed by atoms with Gasteiger partial charge in [-0.25, -0.2) is 8.78 Å². The Kier molecular flexibility index (Phi) is 4.89. The number of benzene rings is 1. The van der Waals surface area contributed by atoms with Crippen molar-refractivity contribution in [3.05, 3.63) is 22.2 Å². The van der Waals surface area contributed by atoms with Gasteiger partial charge in [-0.05, 0) is 17.7 Å². The smallest absolute Gasteiger partial charge is 0.289 e. The summed E-state index contributed by atoms with van der Waals surface area (Å²) in [5.41, 5.74) is 5.59. The number of halogens is 3. The summed E-state index contributed by atoms with van der Waals surface area (Å²) in [6.07, 6.45) is 0. The van der Waals surface area contributed by atoms with Gasteiger partial charge in [-0.3, -0.25) is 0 Å². The lowest BCUT2D eigenvalue weighted by Crippen LogP contribution is -2.36. The van der Waals surface area contributed by atoms with Crippen LogP contribution in [0.4, 0.5) is 8.78 Å². The fraction of sp³-hybridized carbons (Fsp3) is 0.455. The molecule has 0 aromatic heterocycles. The number of alkyl halides is 2. The summed E-state index contributed by atoms with van der Waals surface area (Å²) in [7, 11) is 2.83. The fourth-order valence-corrected chi connectivity index (χ4v) is 2.00. The molecule has 0 unspecified atom stereocenters. The average molecular weight is 326 g/mol. The largest absolute Gasteiger partial charge is 0.493 e. The van der Waals surface area contributed by atoms with Gasteiger partial charge in [0.1, 0.15) is 6.61 Å². The number of methoxy groups -OCH3 is 2. The molecule has 0 bridgehead atoms. The maximum Gasteiger partial charge on any atom is 0.289 e. The van der Waals surface area contributed by atoms with Crippen molar-refractivity contribution < 1.29 is 23.4 Å². The van der Waals surface area contributed by atoms with Gasteiger partial charge in [0.15, 0.2) is 11.5 Å². The molecule has 1 aromatic rings. The molecule has 0 saturated heterocycles. The summed E-state index contributed by atoms with van der Waals surface area (Å²) in [6, 6.07) is 1.20. The van der Waals surface area contributed by atoms with Gasteiger partial charge >= 0.3 is 0 Å². The van der Waals surface area contributed by atoms with Crippen molar-refractivity contribution in [3.63, 3.8) is 0 Å². The highest BCUT2D eigenvalue weighted by Crippen LogP contribution is 2.39. The molecule has 0 spiro atoms. The summed E-state index contributed by atoms with van der Waals surface area (Å²) in [4.78, 5) is 0. The molecule has 0 amide bonds. The van der Waals surface area contributed by atoms with Crippen LogP contribution in [0.15, 0.2) is 16.6 Å². The molecule has 0 fully saturated rings. The topological polar surface area (TPSA) is 64.7 Å². The first-order valence-electron chi connectivity index (χ1n) is 5.03. The summed E-state index contributed by atoms with van der Waals surface area (Å²) in [5, 5.41) is 8.64. The third-order valence-electron chi connectivity index (χ3n) is 2.50. The highest BCUT2D eigenvalue weighted by molar-refractivity contribution is 9.10. The van der Waals surface area contributed by atoms with Crippen LogP contribution in [-0.2, 0) is 0 Å². The number of aliphatic hydroxyl groups excluding tert-OH is 1. The van der Waals surface area contributed by atoms with E-state index in [0.717, 1.165) is 0 Å². The Hall–Kier alpha value is -0.920. The lowest BCUT2D eigenvalue weighted by atomic mass is 10.0. The second kappa shape index (κ2) is 5.81. The third kappa shape index (κ3) is 2.90. The summed E-state index contributed by atoms with van der Waals surface area (Å²) in [6.45, 7) is -1.32. The van der Waals surface area contributed by atoms with E-state index in [1.807, 2.05) is 0 Å². The minimum Gasteiger partial charge on any atom is -0.493 e. The van der Waals surface area contributed by atoms with Gasteiger partial charge in [0.05, 0.1) is 20.3 Å². The molecule has 4 nitrogen and oxygen atoms in total.